The number of hydrogen-bond donors (Lipinski definition) is 1. The molecule has 3 heteroatoms. The Bertz CT molecular complexity index is 276. The van der Waals surface area contributed by atoms with Gasteiger partial charge in [0, 0.05) is 31.2 Å². The predicted octanol–water partition coefficient (Wildman–Crippen LogP) is 2.04. The van der Waals surface area contributed by atoms with Crippen molar-refractivity contribution in [3.05, 3.63) is 0 Å². The normalized spacial score (nSPS) is 36.5. The monoisotopic (exact) mass is 253 g/mol. The van der Waals surface area contributed by atoms with Crippen LogP contribution in [0.5, 0.6) is 0 Å². The lowest BCUT2D eigenvalue weighted by molar-refractivity contribution is -0.0387. The van der Waals surface area contributed by atoms with E-state index in [-0.39, 0.29) is 5.41 Å². The molecular formula is C15H27NO2. The molecule has 3 rings (SSSR count). The van der Waals surface area contributed by atoms with Gasteiger partial charge < -0.3 is 9.84 Å². The molecule has 2 unspecified atom stereocenters. The summed E-state index contributed by atoms with van der Waals surface area (Å²) in [5, 5.41) is 9.82. The Balaban J connectivity index is 1.64. The van der Waals surface area contributed by atoms with E-state index in [0.29, 0.717) is 6.61 Å². The van der Waals surface area contributed by atoms with Gasteiger partial charge in [0.1, 0.15) is 0 Å². The van der Waals surface area contributed by atoms with Crippen LogP contribution < -0.4 is 0 Å². The number of aliphatic hydroxyl groups is 1. The molecule has 0 bridgehead atoms. The van der Waals surface area contributed by atoms with Crippen molar-refractivity contribution in [1.29, 1.82) is 0 Å². The van der Waals surface area contributed by atoms with Crippen molar-refractivity contribution < 1.29 is 9.84 Å². The van der Waals surface area contributed by atoms with Gasteiger partial charge in [0.15, 0.2) is 0 Å². The highest BCUT2D eigenvalue weighted by atomic mass is 16.5. The summed E-state index contributed by atoms with van der Waals surface area (Å²) in [5.74, 6) is 0.953. The van der Waals surface area contributed by atoms with E-state index in [1.165, 1.54) is 38.6 Å². The summed E-state index contributed by atoms with van der Waals surface area (Å²) in [5.41, 5.74) is 0.130. The first kappa shape index (κ1) is 12.9. The van der Waals surface area contributed by atoms with Gasteiger partial charge in [-0.2, -0.15) is 0 Å². The average Bonchev–Trinajstić information content (AvgIpc) is 2.83. The van der Waals surface area contributed by atoms with Crippen LogP contribution in [0.1, 0.15) is 44.9 Å². The van der Waals surface area contributed by atoms with Gasteiger partial charge in [-0.1, -0.05) is 12.8 Å². The molecule has 2 saturated heterocycles. The second kappa shape index (κ2) is 5.48. The van der Waals surface area contributed by atoms with Crippen LogP contribution in [-0.2, 0) is 4.74 Å². The number of fused-ring (bicyclic) bond motifs is 1. The zero-order chi connectivity index (χ0) is 12.4. The molecule has 2 heterocycles. The van der Waals surface area contributed by atoms with E-state index in [0.717, 1.165) is 44.6 Å². The Labute approximate surface area is 110 Å². The fourth-order valence-corrected chi connectivity index (χ4v) is 4.30. The molecule has 3 fully saturated rings. The number of aliphatic hydroxyl groups excluding tert-OH is 1. The first-order chi connectivity index (χ1) is 8.83. The molecule has 3 aliphatic rings. The van der Waals surface area contributed by atoms with Gasteiger partial charge in [0.05, 0.1) is 6.61 Å². The second-order valence-electron chi connectivity index (χ2n) is 6.64. The lowest BCUT2D eigenvalue weighted by Gasteiger charge is -2.41. The zero-order valence-corrected chi connectivity index (χ0v) is 11.4. The van der Waals surface area contributed by atoms with Gasteiger partial charge in [-0.15, -0.1) is 0 Å². The maximum atomic E-state index is 9.82. The lowest BCUT2D eigenvalue weighted by Crippen LogP contribution is -2.46. The van der Waals surface area contributed by atoms with Gasteiger partial charge in [0.2, 0.25) is 0 Å². The van der Waals surface area contributed by atoms with Gasteiger partial charge in [-0.3, -0.25) is 4.90 Å². The molecule has 0 amide bonds. The van der Waals surface area contributed by atoms with Crippen molar-refractivity contribution in [3.8, 4) is 0 Å². The predicted molar refractivity (Wildman–Crippen MR) is 71.5 cm³/mol. The maximum Gasteiger partial charge on any atom is 0.0501 e. The third kappa shape index (κ3) is 2.45. The highest BCUT2D eigenvalue weighted by Gasteiger charge is 2.41. The van der Waals surface area contributed by atoms with E-state index < -0.39 is 0 Å². The number of hydrogen-bond acceptors (Lipinski definition) is 3. The Morgan fingerprint density at radius 2 is 1.89 bits per heavy atom. The molecule has 0 spiro atoms. The largest absolute Gasteiger partial charge is 0.396 e. The summed E-state index contributed by atoms with van der Waals surface area (Å²) >= 11 is 0. The van der Waals surface area contributed by atoms with Crippen molar-refractivity contribution in [2.75, 3.05) is 32.9 Å². The number of ether oxygens (including phenoxy) is 1. The molecule has 0 radical (unpaired) electrons. The van der Waals surface area contributed by atoms with Gasteiger partial charge >= 0.3 is 0 Å². The second-order valence-corrected chi connectivity index (χ2v) is 6.64. The maximum absolute atomic E-state index is 9.82. The Kier molecular flexibility index (Phi) is 3.92. The Hall–Kier alpha value is -0.120. The zero-order valence-electron chi connectivity index (χ0n) is 11.4. The molecule has 18 heavy (non-hydrogen) atoms. The minimum absolute atomic E-state index is 0.130. The van der Waals surface area contributed by atoms with E-state index in [4.69, 9.17) is 4.74 Å². The van der Waals surface area contributed by atoms with Crippen molar-refractivity contribution >= 4 is 0 Å². The van der Waals surface area contributed by atoms with Gasteiger partial charge in [-0.05, 0) is 44.6 Å². The van der Waals surface area contributed by atoms with Crippen LogP contribution in [-0.4, -0.2) is 49.0 Å². The van der Waals surface area contributed by atoms with E-state index in [9.17, 15) is 5.11 Å². The van der Waals surface area contributed by atoms with E-state index in [2.05, 4.69) is 4.90 Å². The SMILES string of the molecule is OCC1(CN2CCC3CCCCC32)CCOCC1. The molecular weight excluding hydrogens is 226 g/mol. The summed E-state index contributed by atoms with van der Waals surface area (Å²) in [7, 11) is 0. The fraction of sp³-hybridized carbons (Fsp3) is 1.00. The summed E-state index contributed by atoms with van der Waals surface area (Å²) in [6.07, 6.45) is 9.15. The van der Waals surface area contributed by atoms with Crippen LogP contribution >= 0.6 is 0 Å². The Morgan fingerprint density at radius 3 is 2.67 bits per heavy atom. The van der Waals surface area contributed by atoms with Crippen LogP contribution in [0, 0.1) is 11.3 Å². The van der Waals surface area contributed by atoms with Crippen LogP contribution in [0.15, 0.2) is 0 Å². The van der Waals surface area contributed by atoms with Crippen LogP contribution in [0.25, 0.3) is 0 Å². The van der Waals surface area contributed by atoms with Crippen LogP contribution in [0.2, 0.25) is 0 Å². The number of nitrogens with zero attached hydrogens (tertiary/aromatic N) is 1. The van der Waals surface area contributed by atoms with Gasteiger partial charge in [-0.25, -0.2) is 0 Å². The topological polar surface area (TPSA) is 32.7 Å². The average molecular weight is 253 g/mol. The van der Waals surface area contributed by atoms with Crippen molar-refractivity contribution in [2.45, 2.75) is 51.0 Å². The molecule has 0 aromatic heterocycles. The first-order valence-corrected chi connectivity index (χ1v) is 7.76. The van der Waals surface area contributed by atoms with Crippen LogP contribution in [0.3, 0.4) is 0 Å². The van der Waals surface area contributed by atoms with Crippen molar-refractivity contribution in [2.24, 2.45) is 11.3 Å². The van der Waals surface area contributed by atoms with Gasteiger partial charge in [0.25, 0.3) is 0 Å². The number of likely N-dealkylation sites (tertiary alicyclic amines) is 1. The summed E-state index contributed by atoms with van der Waals surface area (Å²) in [4.78, 5) is 2.70. The summed E-state index contributed by atoms with van der Waals surface area (Å²) < 4.78 is 5.47. The van der Waals surface area contributed by atoms with Crippen molar-refractivity contribution in [1.82, 2.24) is 4.90 Å². The van der Waals surface area contributed by atoms with Crippen LogP contribution in [0.4, 0.5) is 0 Å². The fourth-order valence-electron chi connectivity index (χ4n) is 4.30. The van der Waals surface area contributed by atoms with E-state index in [1.54, 1.807) is 0 Å². The minimum atomic E-state index is 0.130. The summed E-state index contributed by atoms with van der Waals surface area (Å²) in [6, 6.07) is 0.824. The van der Waals surface area contributed by atoms with Crippen molar-refractivity contribution in [3.63, 3.8) is 0 Å². The molecule has 0 aromatic rings. The molecule has 2 atom stereocenters. The third-order valence-electron chi connectivity index (χ3n) is 5.55. The van der Waals surface area contributed by atoms with E-state index >= 15 is 0 Å². The summed E-state index contributed by atoms with van der Waals surface area (Å²) in [6.45, 7) is 4.38. The first-order valence-electron chi connectivity index (χ1n) is 7.76. The standard InChI is InChI=1S/C15H27NO2/c17-12-15(6-9-18-10-7-15)11-16-8-5-13-3-1-2-4-14(13)16/h13-14,17H,1-12H2. The molecule has 3 nitrogen and oxygen atoms in total. The molecule has 1 aliphatic carbocycles. The Morgan fingerprint density at radius 1 is 1.11 bits per heavy atom. The smallest absolute Gasteiger partial charge is 0.0501 e. The lowest BCUT2D eigenvalue weighted by atomic mass is 9.79. The highest BCUT2D eigenvalue weighted by Crippen LogP contribution is 2.39. The highest BCUT2D eigenvalue weighted by molar-refractivity contribution is 4.94. The molecule has 0 aromatic carbocycles. The number of rotatable bonds is 3. The third-order valence-corrected chi connectivity index (χ3v) is 5.55. The van der Waals surface area contributed by atoms with E-state index in [1.807, 2.05) is 0 Å². The molecule has 104 valence electrons. The molecule has 2 aliphatic heterocycles. The quantitative estimate of drug-likeness (QED) is 0.835. The molecule has 1 saturated carbocycles. The minimum Gasteiger partial charge on any atom is -0.396 e. The molecule has 1 N–H and O–H groups in total.